The van der Waals surface area contributed by atoms with E-state index in [1.165, 1.54) is 0 Å². The fraction of sp³-hybridized carbons (Fsp3) is 0.857. The molecule has 2 nitrogen and oxygen atoms in total. The van der Waals surface area contributed by atoms with Gasteiger partial charge >= 0.3 is 0 Å². The molecule has 0 aromatic rings. The van der Waals surface area contributed by atoms with Crippen molar-refractivity contribution in [1.29, 1.82) is 0 Å². The van der Waals surface area contributed by atoms with Crippen LogP contribution in [-0.4, -0.2) is 18.9 Å². The van der Waals surface area contributed by atoms with Crippen LogP contribution in [0.25, 0.3) is 0 Å². The Labute approximate surface area is 56.6 Å². The molecule has 0 bridgehead atoms. The van der Waals surface area contributed by atoms with Crippen LogP contribution >= 0.6 is 0 Å². The Morgan fingerprint density at radius 3 is 2.78 bits per heavy atom. The lowest BCUT2D eigenvalue weighted by atomic mass is 10.2. The Bertz CT molecular complexity index is 73.3. The van der Waals surface area contributed by atoms with Gasteiger partial charge in [-0.05, 0) is 19.9 Å². The highest BCUT2D eigenvalue weighted by Gasteiger charge is 1.96. The highest BCUT2D eigenvalue weighted by Crippen LogP contribution is 1.91. The third kappa shape index (κ3) is 5.50. The van der Waals surface area contributed by atoms with E-state index in [4.69, 9.17) is 0 Å². The van der Waals surface area contributed by atoms with Crippen molar-refractivity contribution < 1.29 is 4.79 Å². The van der Waals surface area contributed by atoms with Crippen molar-refractivity contribution >= 4 is 6.29 Å². The second-order valence-corrected chi connectivity index (χ2v) is 2.14. The molecule has 0 fully saturated rings. The number of carbonyl (C=O) groups excluding carboxylic acids is 1. The highest BCUT2D eigenvalue weighted by molar-refractivity contribution is 5.50. The molecule has 1 N–H and O–H groups in total. The van der Waals surface area contributed by atoms with Crippen LogP contribution in [0.4, 0.5) is 0 Å². The zero-order valence-electron chi connectivity index (χ0n) is 6.11. The predicted octanol–water partition coefficient (Wildman–Crippen LogP) is 0.874. The van der Waals surface area contributed by atoms with Crippen molar-refractivity contribution in [3.8, 4) is 0 Å². The first-order valence-electron chi connectivity index (χ1n) is 3.39. The molecule has 0 saturated carbocycles. The van der Waals surface area contributed by atoms with E-state index in [0.717, 1.165) is 13.0 Å². The van der Waals surface area contributed by atoms with Crippen molar-refractivity contribution in [3.63, 3.8) is 0 Å². The minimum Gasteiger partial charge on any atom is -0.315 e. The Balaban J connectivity index is 3.04. The van der Waals surface area contributed by atoms with Gasteiger partial charge in [0.1, 0.15) is 0 Å². The lowest BCUT2D eigenvalue weighted by Crippen LogP contribution is -2.25. The number of hydrogen-bond donors (Lipinski definition) is 1. The SMILES string of the molecule is CCNC(C)CC[C]=O. The maximum atomic E-state index is 9.76. The summed E-state index contributed by atoms with van der Waals surface area (Å²) >= 11 is 0. The van der Waals surface area contributed by atoms with E-state index in [1.807, 2.05) is 6.29 Å². The fourth-order valence-electron chi connectivity index (χ4n) is 0.726. The molecule has 0 saturated heterocycles. The molecule has 0 spiro atoms. The Morgan fingerprint density at radius 2 is 2.33 bits per heavy atom. The fourth-order valence-corrected chi connectivity index (χ4v) is 0.726. The second kappa shape index (κ2) is 5.76. The van der Waals surface area contributed by atoms with E-state index in [9.17, 15) is 4.79 Å². The number of rotatable bonds is 5. The van der Waals surface area contributed by atoms with Crippen LogP contribution in [0.3, 0.4) is 0 Å². The summed E-state index contributed by atoms with van der Waals surface area (Å²) in [6, 6.07) is 0.455. The predicted molar refractivity (Wildman–Crippen MR) is 38.1 cm³/mol. The molecular formula is C7H14NO. The lowest BCUT2D eigenvalue weighted by molar-refractivity contribution is 0.513. The molecule has 9 heavy (non-hydrogen) atoms. The third-order valence-electron chi connectivity index (χ3n) is 1.23. The monoisotopic (exact) mass is 128 g/mol. The first-order valence-corrected chi connectivity index (χ1v) is 3.39. The van der Waals surface area contributed by atoms with Gasteiger partial charge in [0.2, 0.25) is 0 Å². The van der Waals surface area contributed by atoms with Crippen molar-refractivity contribution in [2.24, 2.45) is 0 Å². The van der Waals surface area contributed by atoms with Gasteiger partial charge in [0.25, 0.3) is 0 Å². The largest absolute Gasteiger partial charge is 0.315 e. The summed E-state index contributed by atoms with van der Waals surface area (Å²) in [5.41, 5.74) is 0. The van der Waals surface area contributed by atoms with Crippen LogP contribution in [0.5, 0.6) is 0 Å². The van der Waals surface area contributed by atoms with Crippen LogP contribution in [-0.2, 0) is 4.79 Å². The van der Waals surface area contributed by atoms with E-state index in [-0.39, 0.29) is 0 Å². The minimum atomic E-state index is 0.455. The average molecular weight is 128 g/mol. The summed E-state index contributed by atoms with van der Waals surface area (Å²) in [4.78, 5) is 9.76. The highest BCUT2D eigenvalue weighted by atomic mass is 16.1. The first-order chi connectivity index (χ1) is 4.31. The van der Waals surface area contributed by atoms with E-state index in [1.54, 1.807) is 0 Å². The van der Waals surface area contributed by atoms with Crippen molar-refractivity contribution in [1.82, 2.24) is 5.32 Å². The Morgan fingerprint density at radius 1 is 1.67 bits per heavy atom. The molecule has 0 heterocycles. The van der Waals surface area contributed by atoms with E-state index in [0.29, 0.717) is 12.5 Å². The van der Waals surface area contributed by atoms with E-state index < -0.39 is 0 Å². The second-order valence-electron chi connectivity index (χ2n) is 2.14. The maximum Gasteiger partial charge on any atom is 0.198 e. The molecule has 0 aromatic heterocycles. The maximum absolute atomic E-state index is 9.76. The summed E-state index contributed by atoms with van der Waals surface area (Å²) in [7, 11) is 0. The molecule has 1 radical (unpaired) electrons. The standard InChI is InChI=1S/C7H14NO/c1-3-8-7(2)5-4-6-9/h7-8H,3-5H2,1-2H3. The zero-order chi connectivity index (χ0) is 7.11. The van der Waals surface area contributed by atoms with Gasteiger partial charge in [-0.15, -0.1) is 0 Å². The molecule has 1 atom stereocenters. The molecule has 2 heteroatoms. The van der Waals surface area contributed by atoms with Gasteiger partial charge in [-0.25, -0.2) is 0 Å². The summed E-state index contributed by atoms with van der Waals surface area (Å²) in [6.45, 7) is 5.10. The molecule has 0 aliphatic rings. The summed E-state index contributed by atoms with van der Waals surface area (Å²) in [5.74, 6) is 0. The van der Waals surface area contributed by atoms with Crippen LogP contribution in [0.1, 0.15) is 26.7 Å². The molecule has 0 aromatic carbocycles. The normalized spacial score (nSPS) is 13.1. The van der Waals surface area contributed by atoms with Crippen LogP contribution in [0.15, 0.2) is 0 Å². The topological polar surface area (TPSA) is 29.1 Å². The van der Waals surface area contributed by atoms with E-state index in [2.05, 4.69) is 19.2 Å². The minimum absolute atomic E-state index is 0.455. The van der Waals surface area contributed by atoms with Crippen molar-refractivity contribution in [2.45, 2.75) is 32.7 Å². The van der Waals surface area contributed by atoms with Gasteiger partial charge in [-0.1, -0.05) is 6.92 Å². The van der Waals surface area contributed by atoms with Gasteiger partial charge < -0.3 is 5.32 Å². The Hall–Kier alpha value is -0.370. The quantitative estimate of drug-likeness (QED) is 0.595. The van der Waals surface area contributed by atoms with E-state index >= 15 is 0 Å². The molecule has 0 aliphatic carbocycles. The smallest absolute Gasteiger partial charge is 0.198 e. The summed E-state index contributed by atoms with van der Waals surface area (Å²) in [6.07, 6.45) is 3.32. The molecule has 1 unspecified atom stereocenters. The molecule has 0 rings (SSSR count). The lowest BCUT2D eigenvalue weighted by Gasteiger charge is -2.08. The zero-order valence-corrected chi connectivity index (χ0v) is 6.11. The van der Waals surface area contributed by atoms with Gasteiger partial charge in [-0.2, -0.15) is 0 Å². The average Bonchev–Trinajstić information content (AvgIpc) is 1.85. The van der Waals surface area contributed by atoms with Gasteiger partial charge in [0.15, 0.2) is 6.29 Å². The van der Waals surface area contributed by atoms with Gasteiger partial charge in [0.05, 0.1) is 0 Å². The first kappa shape index (κ1) is 8.63. The molecular weight excluding hydrogens is 114 g/mol. The Kier molecular flexibility index (Phi) is 5.52. The van der Waals surface area contributed by atoms with Crippen LogP contribution in [0, 0.1) is 0 Å². The summed E-state index contributed by atoms with van der Waals surface area (Å²) < 4.78 is 0. The van der Waals surface area contributed by atoms with Crippen LogP contribution < -0.4 is 5.32 Å². The molecule has 53 valence electrons. The van der Waals surface area contributed by atoms with Crippen molar-refractivity contribution in [2.75, 3.05) is 6.54 Å². The molecule has 0 amide bonds. The van der Waals surface area contributed by atoms with Gasteiger partial charge in [0, 0.05) is 12.5 Å². The number of hydrogen-bond acceptors (Lipinski definition) is 2. The van der Waals surface area contributed by atoms with Crippen LogP contribution in [0.2, 0.25) is 0 Å². The summed E-state index contributed by atoms with van der Waals surface area (Å²) in [5, 5.41) is 3.20. The van der Waals surface area contributed by atoms with Gasteiger partial charge in [-0.3, -0.25) is 4.79 Å². The third-order valence-corrected chi connectivity index (χ3v) is 1.23. The molecule has 0 aliphatic heterocycles. The van der Waals surface area contributed by atoms with Crippen molar-refractivity contribution in [3.05, 3.63) is 0 Å². The number of nitrogens with one attached hydrogen (secondary N) is 1.